The summed E-state index contributed by atoms with van der Waals surface area (Å²) in [6.45, 7) is 3.54. The molecular weight excluding hydrogens is 248 g/mol. The minimum absolute atomic E-state index is 0.298. The molecule has 0 radical (unpaired) electrons. The van der Waals surface area contributed by atoms with E-state index in [1.54, 1.807) is 0 Å². The Morgan fingerprint density at radius 2 is 1.74 bits per heavy atom. The second-order valence-corrected chi connectivity index (χ2v) is 5.88. The number of phenols is 1. The van der Waals surface area contributed by atoms with Crippen molar-refractivity contribution in [2.24, 2.45) is 5.41 Å². The molecule has 1 aromatic carbocycles. The van der Waals surface area contributed by atoms with Crippen molar-refractivity contribution >= 4 is 0 Å². The van der Waals surface area contributed by atoms with Crippen LogP contribution in [-0.4, -0.2) is 11.7 Å². The van der Waals surface area contributed by atoms with Gasteiger partial charge in [-0.25, -0.2) is 8.78 Å². The molecule has 1 saturated carbocycles. The first-order valence-corrected chi connectivity index (χ1v) is 6.88. The highest BCUT2D eigenvalue weighted by Gasteiger charge is 2.26. The molecule has 2 N–H and O–H groups in total. The van der Waals surface area contributed by atoms with Gasteiger partial charge in [0.1, 0.15) is 0 Å². The lowest BCUT2D eigenvalue weighted by Gasteiger charge is -2.33. The van der Waals surface area contributed by atoms with Gasteiger partial charge in [0.25, 0.3) is 0 Å². The lowest BCUT2D eigenvalue weighted by molar-refractivity contribution is 0.207. The third kappa shape index (κ3) is 3.66. The van der Waals surface area contributed by atoms with Gasteiger partial charge in [-0.05, 0) is 36.0 Å². The monoisotopic (exact) mass is 269 g/mol. The summed E-state index contributed by atoms with van der Waals surface area (Å²) in [5.41, 5.74) is 0.818. The SMILES string of the molecule is CC1(CNCc2cc(F)c(O)c(F)c2)CCCCC1. The van der Waals surface area contributed by atoms with Gasteiger partial charge >= 0.3 is 0 Å². The van der Waals surface area contributed by atoms with E-state index >= 15 is 0 Å². The van der Waals surface area contributed by atoms with Crippen molar-refractivity contribution in [3.8, 4) is 5.75 Å². The number of hydrogen-bond acceptors (Lipinski definition) is 2. The Balaban J connectivity index is 1.89. The molecule has 1 aliphatic carbocycles. The molecule has 106 valence electrons. The number of phenolic OH excluding ortho intramolecular Hbond substituents is 1. The van der Waals surface area contributed by atoms with Crippen molar-refractivity contribution in [1.82, 2.24) is 5.32 Å². The summed E-state index contributed by atoms with van der Waals surface area (Å²) in [6, 6.07) is 2.35. The first-order valence-electron chi connectivity index (χ1n) is 6.88. The Morgan fingerprint density at radius 3 is 2.32 bits per heavy atom. The van der Waals surface area contributed by atoms with Gasteiger partial charge in [0.15, 0.2) is 17.4 Å². The van der Waals surface area contributed by atoms with Crippen LogP contribution in [0.2, 0.25) is 0 Å². The van der Waals surface area contributed by atoms with Gasteiger partial charge in [0.2, 0.25) is 0 Å². The van der Waals surface area contributed by atoms with Crippen LogP contribution in [0.1, 0.15) is 44.6 Å². The molecule has 0 heterocycles. The van der Waals surface area contributed by atoms with Crippen molar-refractivity contribution in [3.05, 3.63) is 29.3 Å². The lowest BCUT2D eigenvalue weighted by Crippen LogP contribution is -2.33. The summed E-state index contributed by atoms with van der Waals surface area (Å²) in [7, 11) is 0. The summed E-state index contributed by atoms with van der Waals surface area (Å²) < 4.78 is 26.4. The van der Waals surface area contributed by atoms with Gasteiger partial charge in [-0.15, -0.1) is 0 Å². The zero-order valence-corrected chi connectivity index (χ0v) is 11.3. The number of hydrogen-bond donors (Lipinski definition) is 2. The number of benzene rings is 1. The van der Waals surface area contributed by atoms with E-state index in [9.17, 15) is 8.78 Å². The summed E-state index contributed by atoms with van der Waals surface area (Å²) in [6.07, 6.45) is 6.25. The van der Waals surface area contributed by atoms with E-state index in [4.69, 9.17) is 5.11 Å². The molecule has 0 amide bonds. The van der Waals surface area contributed by atoms with E-state index in [0.29, 0.717) is 17.5 Å². The fourth-order valence-corrected chi connectivity index (χ4v) is 2.81. The van der Waals surface area contributed by atoms with Gasteiger partial charge in [-0.2, -0.15) is 0 Å². The van der Waals surface area contributed by atoms with Crippen LogP contribution in [0, 0.1) is 17.0 Å². The Morgan fingerprint density at radius 1 is 1.16 bits per heavy atom. The van der Waals surface area contributed by atoms with Gasteiger partial charge in [0.05, 0.1) is 0 Å². The molecule has 0 bridgehead atoms. The van der Waals surface area contributed by atoms with Crippen LogP contribution in [-0.2, 0) is 6.54 Å². The Bertz CT molecular complexity index is 419. The molecule has 0 aromatic heterocycles. The van der Waals surface area contributed by atoms with Crippen molar-refractivity contribution in [2.45, 2.75) is 45.6 Å². The third-order valence-electron chi connectivity index (χ3n) is 4.02. The van der Waals surface area contributed by atoms with Crippen molar-refractivity contribution in [3.63, 3.8) is 0 Å². The molecule has 0 atom stereocenters. The minimum atomic E-state index is -0.902. The van der Waals surface area contributed by atoms with Gasteiger partial charge in [-0.1, -0.05) is 26.2 Å². The molecule has 1 aromatic rings. The van der Waals surface area contributed by atoms with Crippen molar-refractivity contribution < 1.29 is 13.9 Å². The first-order chi connectivity index (χ1) is 9.00. The van der Waals surface area contributed by atoms with E-state index in [1.807, 2.05) is 0 Å². The summed E-state index contributed by atoms with van der Waals surface area (Å²) in [5.74, 6) is -2.70. The largest absolute Gasteiger partial charge is 0.503 e. The predicted octanol–water partition coefficient (Wildman–Crippen LogP) is 3.73. The fourth-order valence-electron chi connectivity index (χ4n) is 2.81. The number of nitrogens with one attached hydrogen (secondary N) is 1. The van der Waals surface area contributed by atoms with Gasteiger partial charge < -0.3 is 10.4 Å². The van der Waals surface area contributed by atoms with Crippen molar-refractivity contribution in [1.29, 1.82) is 0 Å². The van der Waals surface area contributed by atoms with Gasteiger partial charge in [-0.3, -0.25) is 0 Å². The third-order valence-corrected chi connectivity index (χ3v) is 4.02. The predicted molar refractivity (Wildman–Crippen MR) is 70.9 cm³/mol. The molecule has 0 aliphatic heterocycles. The summed E-state index contributed by atoms with van der Waals surface area (Å²) in [5, 5.41) is 12.3. The standard InChI is InChI=1S/C15H21F2NO/c1-15(5-3-2-4-6-15)10-18-9-11-7-12(16)14(19)13(17)8-11/h7-8,18-19H,2-6,9-10H2,1H3. The smallest absolute Gasteiger partial charge is 0.187 e. The highest BCUT2D eigenvalue weighted by atomic mass is 19.1. The highest BCUT2D eigenvalue weighted by Crippen LogP contribution is 2.35. The maximum Gasteiger partial charge on any atom is 0.187 e. The summed E-state index contributed by atoms with van der Waals surface area (Å²) in [4.78, 5) is 0. The Labute approximate surface area is 112 Å². The Hall–Kier alpha value is -1.16. The molecule has 19 heavy (non-hydrogen) atoms. The van der Waals surface area contributed by atoms with E-state index in [2.05, 4.69) is 12.2 Å². The van der Waals surface area contributed by atoms with E-state index in [0.717, 1.165) is 6.54 Å². The van der Waals surface area contributed by atoms with Crippen LogP contribution >= 0.6 is 0 Å². The lowest BCUT2D eigenvalue weighted by atomic mass is 9.76. The zero-order valence-electron chi connectivity index (χ0n) is 11.3. The van der Waals surface area contributed by atoms with E-state index in [1.165, 1.54) is 44.2 Å². The molecule has 0 spiro atoms. The van der Waals surface area contributed by atoms with E-state index in [-0.39, 0.29) is 0 Å². The zero-order chi connectivity index (χ0) is 13.9. The molecular formula is C15H21F2NO. The quantitative estimate of drug-likeness (QED) is 0.873. The second-order valence-electron chi connectivity index (χ2n) is 5.88. The molecule has 2 nitrogen and oxygen atoms in total. The molecule has 4 heteroatoms. The molecule has 1 fully saturated rings. The average molecular weight is 269 g/mol. The maximum atomic E-state index is 13.2. The molecule has 1 aliphatic rings. The highest BCUT2D eigenvalue weighted by molar-refractivity contribution is 5.29. The van der Waals surface area contributed by atoms with Crippen LogP contribution in [0.5, 0.6) is 5.75 Å². The van der Waals surface area contributed by atoms with Crippen molar-refractivity contribution in [2.75, 3.05) is 6.54 Å². The van der Waals surface area contributed by atoms with Crippen LogP contribution in [0.4, 0.5) is 8.78 Å². The molecule has 2 rings (SSSR count). The normalized spacial score (nSPS) is 18.5. The topological polar surface area (TPSA) is 32.3 Å². The van der Waals surface area contributed by atoms with E-state index < -0.39 is 17.4 Å². The number of aromatic hydroxyl groups is 1. The second kappa shape index (κ2) is 5.87. The minimum Gasteiger partial charge on any atom is -0.503 e. The van der Waals surface area contributed by atoms with Crippen LogP contribution in [0.3, 0.4) is 0 Å². The molecule has 0 saturated heterocycles. The van der Waals surface area contributed by atoms with Gasteiger partial charge in [0, 0.05) is 13.1 Å². The summed E-state index contributed by atoms with van der Waals surface area (Å²) >= 11 is 0. The van der Waals surface area contributed by atoms with Crippen LogP contribution in [0.15, 0.2) is 12.1 Å². The number of halogens is 2. The average Bonchev–Trinajstić information content (AvgIpc) is 2.36. The Kier molecular flexibility index (Phi) is 4.40. The maximum absolute atomic E-state index is 13.2. The number of rotatable bonds is 4. The van der Waals surface area contributed by atoms with Crippen LogP contribution in [0.25, 0.3) is 0 Å². The first kappa shape index (κ1) is 14.3. The van der Waals surface area contributed by atoms with Crippen LogP contribution < -0.4 is 5.32 Å². The fraction of sp³-hybridized carbons (Fsp3) is 0.600. The molecule has 0 unspecified atom stereocenters.